The minimum Gasteiger partial charge on any atom is -0.387 e. The Labute approximate surface area is 106 Å². The lowest BCUT2D eigenvalue weighted by Gasteiger charge is -2.38. The smallest absolute Gasteiger partial charge is 0.164 e. The number of aliphatic hydroxyl groups excluding tert-OH is 2. The Morgan fingerprint density at radius 3 is 1.22 bits per heavy atom. The van der Waals surface area contributed by atoms with Gasteiger partial charge >= 0.3 is 0 Å². The first-order valence-electron chi connectivity index (χ1n) is 6.28. The molecule has 0 aromatic rings. The van der Waals surface area contributed by atoms with Gasteiger partial charge in [-0.1, -0.05) is 0 Å². The van der Waals surface area contributed by atoms with E-state index in [2.05, 4.69) is 0 Å². The number of aliphatic hydroxyl groups is 2. The van der Waals surface area contributed by atoms with Crippen molar-refractivity contribution in [2.45, 2.75) is 75.9 Å². The Morgan fingerprint density at radius 2 is 0.889 bits per heavy atom. The highest BCUT2D eigenvalue weighted by atomic mass is 16.8. The number of ether oxygens (including phenoxy) is 4. The average molecular weight is 260 g/mol. The molecule has 18 heavy (non-hydrogen) atoms. The number of fused-ring (bicyclic) bond motifs is 3. The molecule has 104 valence electrons. The summed E-state index contributed by atoms with van der Waals surface area (Å²) < 4.78 is 22.8. The highest BCUT2D eigenvalue weighted by Crippen LogP contribution is 2.44. The first kappa shape index (κ1) is 12.8. The van der Waals surface area contributed by atoms with E-state index in [-0.39, 0.29) is 0 Å². The molecule has 2 N–H and O–H groups in total. The molecule has 1 saturated carbocycles. The fourth-order valence-corrected chi connectivity index (χ4v) is 3.06. The van der Waals surface area contributed by atoms with Crippen LogP contribution in [0.1, 0.15) is 27.7 Å². The molecule has 0 aromatic heterocycles. The number of hydrogen-bond donors (Lipinski definition) is 2. The topological polar surface area (TPSA) is 77.4 Å². The summed E-state index contributed by atoms with van der Waals surface area (Å²) in [7, 11) is 0. The molecule has 0 bridgehead atoms. The van der Waals surface area contributed by atoms with Crippen LogP contribution in [0.2, 0.25) is 0 Å². The Balaban J connectivity index is 1.91. The van der Waals surface area contributed by atoms with Crippen molar-refractivity contribution in [3.63, 3.8) is 0 Å². The molecule has 0 radical (unpaired) electrons. The third-order valence-corrected chi connectivity index (χ3v) is 3.67. The van der Waals surface area contributed by atoms with E-state index in [1.807, 2.05) is 0 Å². The van der Waals surface area contributed by atoms with Crippen LogP contribution < -0.4 is 0 Å². The van der Waals surface area contributed by atoms with Gasteiger partial charge in [0.2, 0.25) is 0 Å². The second-order valence-electron chi connectivity index (χ2n) is 6.11. The predicted molar refractivity (Wildman–Crippen MR) is 59.7 cm³/mol. The summed E-state index contributed by atoms with van der Waals surface area (Å²) >= 11 is 0. The van der Waals surface area contributed by atoms with E-state index in [1.165, 1.54) is 0 Å². The van der Waals surface area contributed by atoms with Crippen LogP contribution in [0.5, 0.6) is 0 Å². The summed E-state index contributed by atoms with van der Waals surface area (Å²) in [5, 5.41) is 20.2. The first-order valence-corrected chi connectivity index (χ1v) is 6.28. The molecule has 0 spiro atoms. The molecule has 1 aliphatic carbocycles. The molecule has 6 atom stereocenters. The third kappa shape index (κ3) is 1.79. The van der Waals surface area contributed by atoms with Crippen molar-refractivity contribution in [2.24, 2.45) is 0 Å². The summed E-state index contributed by atoms with van der Waals surface area (Å²) in [6.45, 7) is 7.11. The fraction of sp³-hybridized carbons (Fsp3) is 1.00. The standard InChI is InChI=1S/C12H20O6/c1-11(2)15-7-5(13)6(14)8-10(9(7)17-11)18-12(3,4)16-8/h5-10,13-14H,1-4H3/t5-,6+,7-,8-,9-,10+/m1/s1. The molecule has 2 heterocycles. The van der Waals surface area contributed by atoms with Crippen molar-refractivity contribution in [2.75, 3.05) is 0 Å². The molecule has 0 unspecified atom stereocenters. The fourth-order valence-electron chi connectivity index (χ4n) is 3.06. The lowest BCUT2D eigenvalue weighted by atomic mass is 9.85. The Kier molecular flexibility index (Phi) is 2.59. The Hall–Kier alpha value is -0.240. The quantitative estimate of drug-likeness (QED) is 0.626. The summed E-state index contributed by atoms with van der Waals surface area (Å²) in [5.74, 6) is -1.58. The van der Waals surface area contributed by atoms with Crippen LogP contribution in [0.15, 0.2) is 0 Å². The molecular formula is C12H20O6. The molecule has 0 aromatic carbocycles. The summed E-state index contributed by atoms with van der Waals surface area (Å²) in [6.07, 6.45) is -4.09. The molecule has 2 saturated heterocycles. The monoisotopic (exact) mass is 260 g/mol. The lowest BCUT2D eigenvalue weighted by Crippen LogP contribution is -2.61. The van der Waals surface area contributed by atoms with Crippen molar-refractivity contribution in [1.29, 1.82) is 0 Å². The van der Waals surface area contributed by atoms with Gasteiger partial charge in [-0.15, -0.1) is 0 Å². The van der Waals surface area contributed by atoms with Crippen LogP contribution >= 0.6 is 0 Å². The van der Waals surface area contributed by atoms with Crippen LogP contribution in [0, 0.1) is 0 Å². The molecule has 6 nitrogen and oxygen atoms in total. The second-order valence-corrected chi connectivity index (χ2v) is 6.11. The van der Waals surface area contributed by atoms with Gasteiger partial charge in [-0.05, 0) is 27.7 Å². The van der Waals surface area contributed by atoms with Gasteiger partial charge in [0.15, 0.2) is 11.6 Å². The molecule has 3 aliphatic rings. The van der Waals surface area contributed by atoms with Crippen LogP contribution in [0.4, 0.5) is 0 Å². The zero-order valence-electron chi connectivity index (χ0n) is 11.0. The molecule has 3 rings (SSSR count). The van der Waals surface area contributed by atoms with Crippen LogP contribution in [0.25, 0.3) is 0 Å². The molecular weight excluding hydrogens is 240 g/mol. The minimum absolute atomic E-state index is 0.426. The molecule has 2 aliphatic heterocycles. The van der Waals surface area contributed by atoms with Crippen molar-refractivity contribution < 1.29 is 29.2 Å². The molecule has 6 heteroatoms. The Bertz CT molecular complexity index is 320. The first-order chi connectivity index (χ1) is 8.20. The van der Waals surface area contributed by atoms with Gasteiger partial charge in [0.25, 0.3) is 0 Å². The van der Waals surface area contributed by atoms with Gasteiger partial charge in [0, 0.05) is 0 Å². The summed E-state index contributed by atoms with van der Waals surface area (Å²) in [4.78, 5) is 0. The van der Waals surface area contributed by atoms with E-state index in [0.29, 0.717) is 0 Å². The van der Waals surface area contributed by atoms with Crippen molar-refractivity contribution in [3.05, 3.63) is 0 Å². The summed E-state index contributed by atoms with van der Waals surface area (Å²) in [6, 6.07) is 0. The zero-order valence-corrected chi connectivity index (χ0v) is 11.0. The third-order valence-electron chi connectivity index (χ3n) is 3.67. The SMILES string of the molecule is CC1(C)O[C@@H]2[C@@H]3OC(C)(C)O[C@@H]3[C@H](O)[C@H](O)[C@H]2O1. The van der Waals surface area contributed by atoms with Crippen LogP contribution in [0.3, 0.4) is 0 Å². The second kappa shape index (κ2) is 3.65. The minimum atomic E-state index is -1.03. The van der Waals surface area contributed by atoms with Gasteiger partial charge in [0.05, 0.1) is 0 Å². The number of hydrogen-bond acceptors (Lipinski definition) is 6. The van der Waals surface area contributed by atoms with E-state index < -0.39 is 48.2 Å². The van der Waals surface area contributed by atoms with Gasteiger partial charge < -0.3 is 29.2 Å². The normalized spacial score (nSPS) is 53.0. The van der Waals surface area contributed by atoms with Crippen LogP contribution in [-0.4, -0.2) is 58.4 Å². The number of rotatable bonds is 0. The zero-order chi connectivity index (χ0) is 13.3. The Morgan fingerprint density at radius 1 is 0.611 bits per heavy atom. The lowest BCUT2D eigenvalue weighted by molar-refractivity contribution is -0.185. The van der Waals surface area contributed by atoms with E-state index >= 15 is 0 Å². The van der Waals surface area contributed by atoms with Crippen LogP contribution in [-0.2, 0) is 18.9 Å². The van der Waals surface area contributed by atoms with Gasteiger partial charge in [0.1, 0.15) is 36.6 Å². The highest BCUT2D eigenvalue weighted by molar-refractivity contribution is 5.07. The van der Waals surface area contributed by atoms with Gasteiger partial charge in [-0.25, -0.2) is 0 Å². The van der Waals surface area contributed by atoms with E-state index in [0.717, 1.165) is 0 Å². The maximum absolute atomic E-state index is 10.1. The van der Waals surface area contributed by atoms with Crippen molar-refractivity contribution >= 4 is 0 Å². The van der Waals surface area contributed by atoms with Crippen molar-refractivity contribution in [3.8, 4) is 0 Å². The summed E-state index contributed by atoms with van der Waals surface area (Å²) in [5.41, 5.74) is 0. The van der Waals surface area contributed by atoms with E-state index in [4.69, 9.17) is 18.9 Å². The maximum atomic E-state index is 10.1. The van der Waals surface area contributed by atoms with Gasteiger partial charge in [-0.2, -0.15) is 0 Å². The molecule has 0 amide bonds. The molecule has 3 fully saturated rings. The maximum Gasteiger partial charge on any atom is 0.164 e. The average Bonchev–Trinajstić information content (AvgIpc) is 2.71. The van der Waals surface area contributed by atoms with Crippen molar-refractivity contribution in [1.82, 2.24) is 0 Å². The van der Waals surface area contributed by atoms with Gasteiger partial charge in [-0.3, -0.25) is 0 Å². The predicted octanol–water partition coefficient (Wildman–Crippen LogP) is -0.238. The van der Waals surface area contributed by atoms with E-state index in [9.17, 15) is 10.2 Å². The van der Waals surface area contributed by atoms with E-state index in [1.54, 1.807) is 27.7 Å². The highest BCUT2D eigenvalue weighted by Gasteiger charge is 2.62. The largest absolute Gasteiger partial charge is 0.387 e.